The molecule has 36 heavy (non-hydrogen) atoms. The Bertz CT molecular complexity index is 1120. The minimum Gasteiger partial charge on any atom is -0.462 e. The monoisotopic (exact) mass is 509 g/mol. The van der Waals surface area contributed by atoms with Crippen LogP contribution < -0.4 is 10.6 Å². The molecule has 0 radical (unpaired) electrons. The average molecular weight is 510 g/mol. The summed E-state index contributed by atoms with van der Waals surface area (Å²) in [6.45, 7) is 2.76. The summed E-state index contributed by atoms with van der Waals surface area (Å²) < 4.78 is 5.71. The summed E-state index contributed by atoms with van der Waals surface area (Å²) >= 11 is 1.64. The van der Waals surface area contributed by atoms with E-state index in [4.69, 9.17) is 4.74 Å². The minimum absolute atomic E-state index is 0.132. The smallest absolute Gasteiger partial charge is 0.328 e. The zero-order valence-corrected chi connectivity index (χ0v) is 21.6. The van der Waals surface area contributed by atoms with Gasteiger partial charge in [0.15, 0.2) is 0 Å². The molecule has 192 valence electrons. The third kappa shape index (κ3) is 7.32. The molecule has 0 bridgehead atoms. The molecule has 0 saturated carbocycles. The second-order valence-corrected chi connectivity index (χ2v) is 10.1. The van der Waals surface area contributed by atoms with E-state index in [1.54, 1.807) is 18.1 Å². The highest BCUT2D eigenvalue weighted by Gasteiger charge is 2.28. The summed E-state index contributed by atoms with van der Waals surface area (Å²) in [6, 6.07) is 13.9. The van der Waals surface area contributed by atoms with Gasteiger partial charge in [0, 0.05) is 31.0 Å². The number of hydrogen-bond acceptors (Lipinski definition) is 7. The van der Waals surface area contributed by atoms with Crippen molar-refractivity contribution in [3.8, 4) is 0 Å². The number of likely N-dealkylation sites (tertiary alicyclic amines) is 1. The van der Waals surface area contributed by atoms with Crippen molar-refractivity contribution in [2.24, 2.45) is 0 Å². The van der Waals surface area contributed by atoms with Crippen LogP contribution in [0.15, 0.2) is 55.0 Å². The van der Waals surface area contributed by atoms with E-state index < -0.39 is 6.04 Å². The summed E-state index contributed by atoms with van der Waals surface area (Å²) in [5, 5.41) is 8.44. The minimum atomic E-state index is -0.647. The largest absolute Gasteiger partial charge is 0.462 e. The fraction of sp³-hybridized carbons (Fsp3) is 0.444. The lowest BCUT2D eigenvalue weighted by atomic mass is 10.0. The van der Waals surface area contributed by atoms with Crippen LogP contribution in [0.3, 0.4) is 0 Å². The van der Waals surface area contributed by atoms with Crippen molar-refractivity contribution in [1.82, 2.24) is 25.5 Å². The van der Waals surface area contributed by atoms with E-state index in [2.05, 4.69) is 49.8 Å². The fourth-order valence-corrected chi connectivity index (χ4v) is 5.12. The van der Waals surface area contributed by atoms with Gasteiger partial charge in [-0.25, -0.2) is 9.78 Å². The van der Waals surface area contributed by atoms with Gasteiger partial charge in [-0.1, -0.05) is 42.5 Å². The number of H-pyrrole nitrogens is 1. The van der Waals surface area contributed by atoms with Gasteiger partial charge in [-0.2, -0.15) is 11.8 Å². The van der Waals surface area contributed by atoms with Gasteiger partial charge in [0.25, 0.3) is 0 Å². The molecule has 3 N–H and O–H groups in total. The fourth-order valence-electron chi connectivity index (χ4n) is 4.65. The highest BCUT2D eigenvalue weighted by atomic mass is 32.2. The number of nitrogens with zero attached hydrogens (tertiary/aromatic N) is 2. The first-order valence-electron chi connectivity index (χ1n) is 12.5. The molecule has 9 heteroatoms. The quantitative estimate of drug-likeness (QED) is 0.305. The number of thioether (sulfide) groups is 1. The number of carbonyl (C=O) groups excluding carboxylic acids is 2. The molecule has 1 aliphatic heterocycles. The van der Waals surface area contributed by atoms with Gasteiger partial charge >= 0.3 is 5.97 Å². The van der Waals surface area contributed by atoms with Gasteiger partial charge in [-0.15, -0.1) is 0 Å². The molecule has 0 spiro atoms. The third-order valence-electron chi connectivity index (χ3n) is 6.56. The zero-order chi connectivity index (χ0) is 25.2. The van der Waals surface area contributed by atoms with Crippen LogP contribution in [0.4, 0.5) is 0 Å². The molecular formula is C27H35N5O3S. The molecule has 0 aliphatic carbocycles. The summed E-state index contributed by atoms with van der Waals surface area (Å²) in [5.74, 6) is 0.193. The molecule has 2 atom stereocenters. The van der Waals surface area contributed by atoms with Crippen LogP contribution in [0, 0.1) is 0 Å². The number of fused-ring (bicyclic) bond motifs is 1. The Balaban J connectivity index is 1.25. The van der Waals surface area contributed by atoms with Gasteiger partial charge in [0.1, 0.15) is 12.6 Å². The van der Waals surface area contributed by atoms with E-state index in [9.17, 15) is 9.59 Å². The summed E-state index contributed by atoms with van der Waals surface area (Å²) in [5.41, 5.74) is 2.19. The number of imidazole rings is 1. The van der Waals surface area contributed by atoms with Crippen molar-refractivity contribution in [3.05, 3.63) is 66.2 Å². The number of carbonyl (C=O) groups is 2. The lowest BCUT2D eigenvalue weighted by Gasteiger charge is -2.25. The lowest BCUT2D eigenvalue weighted by molar-refractivity contribution is -0.149. The number of aromatic amines is 1. The molecule has 4 rings (SSSR count). The SMILES string of the molecule is CSCCC(NC(=O)CNCc1cccc2ccccc12)C(=O)OC[C@@H]1CCCN1Cc1cnc[nH]1. The second-order valence-electron chi connectivity index (χ2n) is 9.12. The van der Waals surface area contributed by atoms with E-state index in [1.807, 2.05) is 30.7 Å². The summed E-state index contributed by atoms with van der Waals surface area (Å²) in [7, 11) is 0. The van der Waals surface area contributed by atoms with E-state index >= 15 is 0 Å². The van der Waals surface area contributed by atoms with Crippen LogP contribution in [-0.4, -0.2) is 70.5 Å². The molecule has 1 aliphatic rings. The maximum atomic E-state index is 12.9. The predicted octanol–water partition coefficient (Wildman–Crippen LogP) is 3.10. The maximum absolute atomic E-state index is 12.9. The normalized spacial score (nSPS) is 16.8. The number of ether oxygens (including phenoxy) is 1. The number of nitrogens with one attached hydrogen (secondary N) is 3. The molecular weight excluding hydrogens is 474 g/mol. The first kappa shape index (κ1) is 26.2. The van der Waals surface area contributed by atoms with Gasteiger partial charge < -0.3 is 20.4 Å². The number of benzene rings is 2. The highest BCUT2D eigenvalue weighted by molar-refractivity contribution is 7.98. The van der Waals surface area contributed by atoms with Crippen LogP contribution in [-0.2, 0) is 27.4 Å². The Kier molecular flexibility index (Phi) is 9.77. The first-order valence-corrected chi connectivity index (χ1v) is 13.9. The summed E-state index contributed by atoms with van der Waals surface area (Å²) in [4.78, 5) is 35.1. The van der Waals surface area contributed by atoms with E-state index in [0.717, 1.165) is 42.9 Å². The van der Waals surface area contributed by atoms with E-state index in [0.29, 0.717) is 19.6 Å². The van der Waals surface area contributed by atoms with Crippen LogP contribution in [0.5, 0.6) is 0 Å². The van der Waals surface area contributed by atoms with E-state index in [-0.39, 0.29) is 24.5 Å². The zero-order valence-electron chi connectivity index (χ0n) is 20.7. The Morgan fingerprint density at radius 2 is 2.11 bits per heavy atom. The van der Waals surface area contributed by atoms with Crippen LogP contribution >= 0.6 is 11.8 Å². The van der Waals surface area contributed by atoms with Crippen molar-refractivity contribution in [2.45, 2.75) is 44.4 Å². The van der Waals surface area contributed by atoms with Crippen molar-refractivity contribution < 1.29 is 14.3 Å². The van der Waals surface area contributed by atoms with Crippen LogP contribution in [0.25, 0.3) is 10.8 Å². The standard InChI is InChI=1S/C27H35N5O3S/c1-36-13-11-25(27(34)35-18-23-9-5-12-32(23)17-22-15-29-19-30-22)31-26(33)16-28-14-21-8-4-7-20-6-2-3-10-24(20)21/h2-4,6-8,10,15,19,23,25,28H,5,9,11-14,16-18H2,1H3,(H,29,30)(H,31,33)/t23-,25?/m0/s1. The van der Waals surface area contributed by atoms with Crippen molar-refractivity contribution in [3.63, 3.8) is 0 Å². The number of esters is 1. The molecule has 8 nitrogen and oxygen atoms in total. The highest BCUT2D eigenvalue weighted by Crippen LogP contribution is 2.20. The first-order chi connectivity index (χ1) is 17.6. The molecule has 2 heterocycles. The predicted molar refractivity (Wildman–Crippen MR) is 144 cm³/mol. The topological polar surface area (TPSA) is 99.3 Å². The Labute approximate surface area is 216 Å². The lowest BCUT2D eigenvalue weighted by Crippen LogP contribution is -2.46. The Morgan fingerprint density at radius 3 is 2.94 bits per heavy atom. The number of aromatic nitrogens is 2. The Morgan fingerprint density at radius 1 is 1.25 bits per heavy atom. The molecule has 1 aromatic heterocycles. The van der Waals surface area contributed by atoms with Crippen molar-refractivity contribution >= 4 is 34.4 Å². The Hall–Kier alpha value is -2.88. The van der Waals surface area contributed by atoms with Gasteiger partial charge in [-0.3, -0.25) is 9.69 Å². The molecule has 3 aromatic rings. The van der Waals surface area contributed by atoms with Gasteiger partial charge in [0.05, 0.1) is 12.9 Å². The van der Waals surface area contributed by atoms with E-state index in [1.165, 1.54) is 10.8 Å². The molecule has 1 unspecified atom stereocenters. The molecule has 1 fully saturated rings. The van der Waals surface area contributed by atoms with Crippen LogP contribution in [0.2, 0.25) is 0 Å². The van der Waals surface area contributed by atoms with Gasteiger partial charge in [-0.05, 0) is 54.2 Å². The van der Waals surface area contributed by atoms with Crippen molar-refractivity contribution in [1.29, 1.82) is 0 Å². The second kappa shape index (κ2) is 13.4. The van der Waals surface area contributed by atoms with Crippen LogP contribution in [0.1, 0.15) is 30.5 Å². The number of rotatable bonds is 13. The molecule has 2 aromatic carbocycles. The number of hydrogen-bond donors (Lipinski definition) is 3. The number of amides is 1. The summed E-state index contributed by atoms with van der Waals surface area (Å²) in [6.07, 6.45) is 8.09. The maximum Gasteiger partial charge on any atom is 0.328 e. The average Bonchev–Trinajstić information content (AvgIpc) is 3.57. The van der Waals surface area contributed by atoms with Gasteiger partial charge in [0.2, 0.25) is 5.91 Å². The molecule has 1 saturated heterocycles. The molecule has 1 amide bonds. The van der Waals surface area contributed by atoms with Crippen molar-refractivity contribution in [2.75, 3.05) is 31.7 Å². The third-order valence-corrected chi connectivity index (χ3v) is 7.20.